The molecule has 1 aromatic carbocycles. The normalized spacial score (nSPS) is 38.9. The van der Waals surface area contributed by atoms with Gasteiger partial charge in [0, 0.05) is 68.2 Å². The van der Waals surface area contributed by atoms with Crippen LogP contribution in [0.25, 0.3) is 0 Å². The second kappa shape index (κ2) is 19.4. The minimum atomic E-state index is -2.01. The van der Waals surface area contributed by atoms with Gasteiger partial charge in [-0.25, -0.2) is 14.4 Å². The van der Waals surface area contributed by atoms with E-state index in [-0.39, 0.29) is 74.7 Å². The van der Waals surface area contributed by atoms with Gasteiger partial charge in [-0.2, -0.15) is 0 Å². The third kappa shape index (κ3) is 9.23. The van der Waals surface area contributed by atoms with Crippen LogP contribution in [-0.4, -0.2) is 163 Å². The Kier molecular flexibility index (Phi) is 16.0. The molecule has 2 heterocycles. The van der Waals surface area contributed by atoms with Crippen molar-refractivity contribution in [2.24, 2.45) is 28.6 Å². The summed E-state index contributed by atoms with van der Waals surface area (Å²) in [5.41, 5.74) is -7.40. The summed E-state index contributed by atoms with van der Waals surface area (Å²) in [6.45, 7) is 10.3. The predicted octanol–water partition coefficient (Wildman–Crippen LogP) is -0.286. The zero-order valence-electron chi connectivity index (χ0n) is 37.4. The molecule has 1 amide bonds. The Morgan fingerprint density at radius 2 is 1.62 bits per heavy atom. The summed E-state index contributed by atoms with van der Waals surface area (Å²) >= 11 is 0. The summed E-state index contributed by atoms with van der Waals surface area (Å²) in [6.07, 6.45) is -15.0. The molecule has 4 fully saturated rings. The van der Waals surface area contributed by atoms with Gasteiger partial charge in [0.15, 0.2) is 18.2 Å². The molecule has 20 heteroatoms. The molecule has 2 saturated carbocycles. The SMILES string of the molecule is CC1=C2C(O)C(=O)[C@]3(C)C(OC(=O)COC4OC(CO)C(O)C(O)C4CO)CC4OCC4(O)C3[C@H](C)C(O)(CC1OC(=O)C(O)C(NC(=O)OC(C)(C)C)c1ccccc1)C2(C)C.[Ac]. The van der Waals surface area contributed by atoms with Gasteiger partial charge in [0.1, 0.15) is 48.3 Å². The van der Waals surface area contributed by atoms with E-state index in [4.69, 9.17) is 28.4 Å². The Balaban J connectivity index is 0.00000771. The van der Waals surface area contributed by atoms with Gasteiger partial charge in [0.2, 0.25) is 0 Å². The standard InChI is InChI=1S/C44H63NO18.Ac/c1-20-24(60-37(54)34(52)30(22-12-10-9-11-13-22)45-39(55)63-40(3,4)5)15-44(57)21(2)35-42(8,36(53)33(51)29(20)41(44,6)7)26(14-27-43(35,56)19-59-27)62-28(48)18-58-38-23(16-46)31(49)32(50)25(17-47)61-38;/h9-13,21,23-27,30-35,38,46-47,49-52,56-57H,14-19H2,1-8H3,(H,45,55);/t21-,23?,24?,25?,26?,27?,30?,31?,32?,33?,34?,35?,38?,42+,43?,44?;/m0./s1. The molecule has 1 aromatic rings. The fourth-order valence-corrected chi connectivity index (χ4v) is 10.9. The number of carbonyl (C=O) groups is 4. The van der Waals surface area contributed by atoms with E-state index >= 15 is 4.79 Å². The number of ketones is 1. The number of nitrogens with one attached hydrogen (secondary N) is 1. The van der Waals surface area contributed by atoms with Crippen molar-refractivity contribution in [3.05, 3.63) is 47.0 Å². The van der Waals surface area contributed by atoms with Crippen LogP contribution in [0, 0.1) is 72.6 Å². The first-order valence-electron chi connectivity index (χ1n) is 21.3. The van der Waals surface area contributed by atoms with Crippen LogP contribution in [0.5, 0.6) is 0 Å². The molecule has 16 atom stereocenters. The van der Waals surface area contributed by atoms with Crippen molar-refractivity contribution in [2.45, 2.75) is 146 Å². The number of aliphatic hydroxyl groups excluding tert-OH is 6. The van der Waals surface area contributed by atoms with E-state index in [1.165, 1.54) is 13.8 Å². The van der Waals surface area contributed by atoms with Crippen molar-refractivity contribution >= 4 is 23.8 Å². The van der Waals surface area contributed by atoms with Crippen molar-refractivity contribution in [3.8, 4) is 0 Å². The zero-order valence-corrected chi connectivity index (χ0v) is 42.1. The molecule has 19 nitrogen and oxygen atoms in total. The summed E-state index contributed by atoms with van der Waals surface area (Å²) in [4.78, 5) is 55.5. The van der Waals surface area contributed by atoms with Crippen LogP contribution in [0.3, 0.4) is 0 Å². The van der Waals surface area contributed by atoms with E-state index in [2.05, 4.69) is 5.32 Å². The Morgan fingerprint density at radius 3 is 2.19 bits per heavy atom. The van der Waals surface area contributed by atoms with Crippen LogP contribution in [0.2, 0.25) is 0 Å². The maximum atomic E-state index is 15.1. The fraction of sp³-hybridized carbons (Fsp3) is 0.727. The average Bonchev–Trinajstić information content (AvgIpc) is 3.21. The molecule has 2 saturated heterocycles. The number of esters is 2. The first kappa shape index (κ1) is 52.8. The summed E-state index contributed by atoms with van der Waals surface area (Å²) < 4.78 is 34.1. The molecule has 9 N–H and O–H groups in total. The van der Waals surface area contributed by atoms with Gasteiger partial charge in [-0.1, -0.05) is 51.1 Å². The molecule has 2 bridgehead atoms. The molecular formula is C44H63AcNO18. The van der Waals surface area contributed by atoms with E-state index < -0.39 is 150 Å². The molecule has 0 spiro atoms. The van der Waals surface area contributed by atoms with Crippen molar-refractivity contribution < 1.29 is 133 Å². The number of carbonyl (C=O) groups excluding carboxylic acids is 4. The predicted molar refractivity (Wildman–Crippen MR) is 216 cm³/mol. The topological polar surface area (TPSA) is 298 Å². The number of amides is 1. The number of ether oxygens (including phenoxy) is 6. The van der Waals surface area contributed by atoms with Gasteiger partial charge < -0.3 is 74.6 Å². The van der Waals surface area contributed by atoms with Gasteiger partial charge in [-0.05, 0) is 57.2 Å². The maximum Gasteiger partial charge on any atom is 0.408 e. The first-order valence-corrected chi connectivity index (χ1v) is 21.3. The number of fused-ring (bicyclic) bond motifs is 5. The molecular weight excluding hydrogens is 1060 g/mol. The average molecular weight is 1120 g/mol. The second-order valence-corrected chi connectivity index (χ2v) is 19.4. The summed E-state index contributed by atoms with van der Waals surface area (Å²) in [7, 11) is 0. The number of rotatable bonds is 11. The van der Waals surface area contributed by atoms with Gasteiger partial charge in [-0.15, -0.1) is 0 Å². The van der Waals surface area contributed by atoms with E-state index in [0.29, 0.717) is 5.56 Å². The molecule has 3 aliphatic carbocycles. The van der Waals surface area contributed by atoms with E-state index in [1.54, 1.807) is 71.9 Å². The number of Topliss-reactive ketones (excluding diaryl/α,β-unsaturated/α-hetero) is 1. The van der Waals surface area contributed by atoms with Gasteiger partial charge >= 0.3 is 18.0 Å². The summed E-state index contributed by atoms with van der Waals surface area (Å²) in [6, 6.07) is 6.83. The third-order valence-electron chi connectivity index (χ3n) is 14.3. The zero-order chi connectivity index (χ0) is 46.8. The molecule has 1 radical (unpaired) electrons. The van der Waals surface area contributed by atoms with Crippen LogP contribution in [0.4, 0.5) is 4.79 Å². The van der Waals surface area contributed by atoms with Crippen LogP contribution >= 0.6 is 0 Å². The quantitative estimate of drug-likeness (QED) is 0.0782. The summed E-state index contributed by atoms with van der Waals surface area (Å²) in [5.74, 6) is -6.64. The van der Waals surface area contributed by atoms with Gasteiger partial charge in [-0.3, -0.25) is 4.79 Å². The van der Waals surface area contributed by atoms with Gasteiger partial charge in [0.25, 0.3) is 0 Å². The van der Waals surface area contributed by atoms with Crippen LogP contribution in [-0.2, 0) is 42.8 Å². The van der Waals surface area contributed by atoms with Crippen molar-refractivity contribution in [2.75, 3.05) is 26.4 Å². The Morgan fingerprint density at radius 1 is 0.984 bits per heavy atom. The molecule has 2 aliphatic heterocycles. The van der Waals surface area contributed by atoms with Crippen LogP contribution < -0.4 is 5.32 Å². The number of hydrogen-bond donors (Lipinski definition) is 9. The Bertz CT molecular complexity index is 1930. The molecule has 6 rings (SSSR count). The van der Waals surface area contributed by atoms with E-state index in [0.717, 1.165) is 0 Å². The van der Waals surface area contributed by atoms with E-state index in [9.17, 15) is 55.2 Å². The largest absolute Gasteiger partial charge is 0.459 e. The molecule has 14 unspecified atom stereocenters. The van der Waals surface area contributed by atoms with Crippen molar-refractivity contribution in [3.63, 3.8) is 0 Å². The molecule has 355 valence electrons. The monoisotopic (exact) mass is 1120 g/mol. The Hall–Kier alpha value is -2.16. The number of alkyl carbamates (subject to hydrolysis) is 1. The third-order valence-corrected chi connectivity index (χ3v) is 14.3. The number of hydrogen-bond acceptors (Lipinski definition) is 18. The van der Waals surface area contributed by atoms with Crippen LogP contribution in [0.1, 0.15) is 79.8 Å². The Labute approximate surface area is 407 Å². The second-order valence-electron chi connectivity index (χ2n) is 19.4. The molecule has 5 aliphatic rings. The fourth-order valence-electron chi connectivity index (χ4n) is 10.9. The maximum absolute atomic E-state index is 15.1. The minimum Gasteiger partial charge on any atom is -0.459 e. The molecule has 0 aromatic heterocycles. The first-order chi connectivity index (χ1) is 29.3. The summed E-state index contributed by atoms with van der Waals surface area (Å²) in [5, 5.41) is 92.1. The van der Waals surface area contributed by atoms with Crippen molar-refractivity contribution in [1.29, 1.82) is 0 Å². The number of aliphatic hydroxyl groups is 8. The van der Waals surface area contributed by atoms with Crippen molar-refractivity contribution in [1.82, 2.24) is 5.32 Å². The van der Waals surface area contributed by atoms with Gasteiger partial charge in [0.05, 0.1) is 55.0 Å². The minimum absolute atomic E-state index is 0. The smallest absolute Gasteiger partial charge is 0.408 e. The van der Waals surface area contributed by atoms with Crippen LogP contribution in [0.15, 0.2) is 41.5 Å². The molecule has 64 heavy (non-hydrogen) atoms. The van der Waals surface area contributed by atoms with E-state index in [1.807, 2.05) is 0 Å². The number of benzene rings is 1.